The Balaban J connectivity index is 5.33. The lowest BCUT2D eigenvalue weighted by Crippen LogP contribution is -2.47. The molecule has 10 heteroatoms. The number of nitrogens with one attached hydrogen (secondary N) is 1. The number of unbranched alkanes of at least 4 members (excludes halogenated alkanes) is 28. The van der Waals surface area contributed by atoms with Crippen molar-refractivity contribution in [3.8, 4) is 0 Å². The Bertz CT molecular complexity index is 1480. The lowest BCUT2D eigenvalue weighted by Gasteiger charge is -2.27. The van der Waals surface area contributed by atoms with Crippen LogP contribution in [0, 0.1) is 0 Å². The number of esters is 1. The molecular formula is C63H116N2O7P+. The molecule has 0 bridgehead atoms. The van der Waals surface area contributed by atoms with Gasteiger partial charge in [0.25, 0.3) is 0 Å². The number of ether oxygens (including phenoxy) is 1. The molecule has 2 N–H and O–H groups in total. The van der Waals surface area contributed by atoms with Gasteiger partial charge in [0, 0.05) is 12.8 Å². The fourth-order valence-electron chi connectivity index (χ4n) is 8.40. The third-order valence-corrected chi connectivity index (χ3v) is 14.1. The van der Waals surface area contributed by atoms with Crippen LogP contribution in [0.3, 0.4) is 0 Å². The van der Waals surface area contributed by atoms with Gasteiger partial charge in [0.2, 0.25) is 5.91 Å². The van der Waals surface area contributed by atoms with Crippen molar-refractivity contribution in [1.29, 1.82) is 0 Å². The Morgan fingerprint density at radius 3 is 1.32 bits per heavy atom. The van der Waals surface area contributed by atoms with Gasteiger partial charge in [-0.3, -0.25) is 18.6 Å². The van der Waals surface area contributed by atoms with Crippen LogP contribution in [0.2, 0.25) is 0 Å². The largest absolute Gasteiger partial charge is 0.472 e. The van der Waals surface area contributed by atoms with Gasteiger partial charge in [0.05, 0.1) is 33.8 Å². The number of hydrogen-bond donors (Lipinski definition) is 2. The van der Waals surface area contributed by atoms with Crippen molar-refractivity contribution >= 4 is 19.7 Å². The van der Waals surface area contributed by atoms with Crippen LogP contribution in [0.4, 0.5) is 0 Å². The monoisotopic (exact) mass is 1040 g/mol. The summed E-state index contributed by atoms with van der Waals surface area (Å²) in [6.07, 6.45) is 67.6. The Labute approximate surface area is 451 Å². The van der Waals surface area contributed by atoms with Crippen molar-refractivity contribution in [2.45, 2.75) is 277 Å². The first-order valence-electron chi connectivity index (χ1n) is 30.3. The third kappa shape index (κ3) is 54.1. The average molecular weight is 1040 g/mol. The molecule has 9 nitrogen and oxygen atoms in total. The normalized spacial score (nSPS) is 14.2. The molecule has 0 fully saturated rings. The second-order valence-electron chi connectivity index (χ2n) is 21.5. The molecule has 0 aromatic heterocycles. The number of carbonyl (C=O) groups excluding carboxylic acids is 2. The van der Waals surface area contributed by atoms with Crippen LogP contribution >= 0.6 is 7.82 Å². The highest BCUT2D eigenvalue weighted by molar-refractivity contribution is 7.47. The van der Waals surface area contributed by atoms with Gasteiger partial charge in [-0.05, 0) is 96.0 Å². The number of phosphoric acid groups is 1. The molecule has 0 saturated carbocycles. The Morgan fingerprint density at radius 2 is 0.849 bits per heavy atom. The maximum atomic E-state index is 13.5. The van der Waals surface area contributed by atoms with E-state index in [0.29, 0.717) is 17.4 Å². The molecule has 0 saturated heterocycles. The van der Waals surface area contributed by atoms with E-state index in [4.69, 9.17) is 13.8 Å². The Hall–Kier alpha value is -2.55. The Kier molecular flexibility index (Phi) is 51.0. The van der Waals surface area contributed by atoms with Crippen LogP contribution in [0.1, 0.15) is 265 Å². The van der Waals surface area contributed by atoms with Crippen LogP contribution in [-0.2, 0) is 27.9 Å². The number of rotatable bonds is 54. The molecule has 0 aliphatic rings. The highest BCUT2D eigenvalue weighted by atomic mass is 31.2. The van der Waals surface area contributed by atoms with Crippen molar-refractivity contribution < 1.29 is 37.3 Å². The summed E-state index contributed by atoms with van der Waals surface area (Å²) < 4.78 is 30.6. The zero-order valence-electron chi connectivity index (χ0n) is 48.4. The molecule has 0 aliphatic carbocycles. The molecule has 0 radical (unpaired) electrons. The van der Waals surface area contributed by atoms with Gasteiger partial charge in [0.15, 0.2) is 0 Å². The summed E-state index contributed by atoms with van der Waals surface area (Å²) in [5, 5.41) is 3.02. The summed E-state index contributed by atoms with van der Waals surface area (Å²) in [7, 11) is 1.46. The maximum Gasteiger partial charge on any atom is 0.472 e. The fraction of sp³-hybridized carbons (Fsp3) is 0.778. The van der Waals surface area contributed by atoms with Crippen LogP contribution < -0.4 is 5.32 Å². The molecule has 0 spiro atoms. The molecule has 0 aromatic rings. The SMILES string of the molecule is CCCCC/C=C\C/C=C\C/C=C\C/C=C\CCCC(=O)NC(COP(=O)(O)OCC[N+](C)(C)C)C(/C=C/CCCCCCCCCCC)OC(=O)CCCCCCCCCCC/C=C/CCCCCCCC. The number of carbonyl (C=O) groups is 2. The van der Waals surface area contributed by atoms with Crippen molar-refractivity contribution in [2.24, 2.45) is 0 Å². The molecule has 0 aliphatic heterocycles. The minimum absolute atomic E-state index is 0.0279. The molecule has 3 unspecified atom stereocenters. The summed E-state index contributed by atoms with van der Waals surface area (Å²) in [6.45, 7) is 6.93. The number of likely N-dealkylation sites (N-methyl/N-ethyl adjacent to an activating group) is 1. The summed E-state index contributed by atoms with van der Waals surface area (Å²) in [5.41, 5.74) is 0. The Morgan fingerprint density at radius 1 is 0.479 bits per heavy atom. The van der Waals surface area contributed by atoms with E-state index in [1.165, 1.54) is 161 Å². The van der Waals surface area contributed by atoms with Crippen LogP contribution in [0.5, 0.6) is 0 Å². The van der Waals surface area contributed by atoms with Crippen molar-refractivity contribution in [1.82, 2.24) is 5.32 Å². The summed E-state index contributed by atoms with van der Waals surface area (Å²) in [6, 6.07) is -0.879. The number of amides is 1. The van der Waals surface area contributed by atoms with Gasteiger partial charge >= 0.3 is 13.8 Å². The zero-order valence-corrected chi connectivity index (χ0v) is 49.3. The van der Waals surface area contributed by atoms with Crippen molar-refractivity contribution in [2.75, 3.05) is 40.9 Å². The predicted molar refractivity (Wildman–Crippen MR) is 314 cm³/mol. The molecule has 73 heavy (non-hydrogen) atoms. The summed E-state index contributed by atoms with van der Waals surface area (Å²) in [4.78, 5) is 37.6. The second-order valence-corrected chi connectivity index (χ2v) is 23.0. The van der Waals surface area contributed by atoms with Crippen molar-refractivity contribution in [3.63, 3.8) is 0 Å². The second kappa shape index (κ2) is 52.9. The maximum absolute atomic E-state index is 13.5. The first-order valence-corrected chi connectivity index (χ1v) is 31.8. The smallest absolute Gasteiger partial charge is 0.456 e. The van der Waals surface area contributed by atoms with Crippen molar-refractivity contribution in [3.05, 3.63) is 72.9 Å². The quantitative estimate of drug-likeness (QED) is 0.0205. The average Bonchev–Trinajstić information content (AvgIpc) is 3.35. The van der Waals surface area contributed by atoms with Gasteiger partial charge in [-0.2, -0.15) is 0 Å². The van der Waals surface area contributed by atoms with E-state index in [1.807, 2.05) is 33.3 Å². The minimum Gasteiger partial charge on any atom is -0.456 e. The number of nitrogens with zero attached hydrogens (tertiary/aromatic N) is 1. The van der Waals surface area contributed by atoms with Gasteiger partial charge in [0.1, 0.15) is 19.3 Å². The molecule has 1 amide bonds. The van der Waals surface area contributed by atoms with Gasteiger partial charge in [-0.25, -0.2) is 4.57 Å². The molecular weight excluding hydrogens is 928 g/mol. The standard InChI is InChI=1S/C63H115N2O7P/c1-7-10-13-16-19-22-25-27-29-31-32-34-36-38-41-44-47-50-53-56-63(67)72-61(54-51-48-45-42-39-24-21-18-15-12-9-3)60(59-71-73(68,69)70-58-57-65(4,5)6)64-62(66)55-52-49-46-43-40-37-35-33-30-28-26-23-20-17-14-11-8-2/h20,23,27-30,35,37,43,46,51,54,60-61H,7-19,21-22,24-26,31-34,36,38-42,44-45,47-50,52-53,55-59H2,1-6H3,(H-,64,66,68,69)/p+1/b23-20-,29-27+,30-28-,37-35-,46-43-,54-51+. The van der Waals surface area contributed by atoms with E-state index in [2.05, 4.69) is 86.8 Å². The number of allylic oxidation sites excluding steroid dienone is 11. The third-order valence-electron chi connectivity index (χ3n) is 13.1. The topological polar surface area (TPSA) is 111 Å². The van der Waals surface area contributed by atoms with E-state index in [9.17, 15) is 19.0 Å². The first kappa shape index (κ1) is 70.5. The number of quaternary nitrogens is 1. The lowest BCUT2D eigenvalue weighted by atomic mass is 10.0. The molecule has 0 aromatic carbocycles. The summed E-state index contributed by atoms with van der Waals surface area (Å²) >= 11 is 0. The molecule has 0 rings (SSSR count). The lowest BCUT2D eigenvalue weighted by molar-refractivity contribution is -0.870. The predicted octanol–water partition coefficient (Wildman–Crippen LogP) is 18.4. The van der Waals surface area contributed by atoms with E-state index < -0.39 is 20.0 Å². The highest BCUT2D eigenvalue weighted by Crippen LogP contribution is 2.43. The van der Waals surface area contributed by atoms with E-state index in [-0.39, 0.29) is 37.9 Å². The molecule has 3 atom stereocenters. The van der Waals surface area contributed by atoms with Crippen LogP contribution in [0.15, 0.2) is 72.9 Å². The van der Waals surface area contributed by atoms with Gasteiger partial charge in [-0.1, -0.05) is 229 Å². The zero-order chi connectivity index (χ0) is 53.6. The van der Waals surface area contributed by atoms with E-state index in [1.54, 1.807) is 0 Å². The van der Waals surface area contributed by atoms with E-state index in [0.717, 1.165) is 64.2 Å². The first-order chi connectivity index (χ1) is 35.4. The molecule has 0 heterocycles. The highest BCUT2D eigenvalue weighted by Gasteiger charge is 2.30. The van der Waals surface area contributed by atoms with Crippen LogP contribution in [-0.4, -0.2) is 74.3 Å². The summed E-state index contributed by atoms with van der Waals surface area (Å²) in [5.74, 6) is -0.572. The van der Waals surface area contributed by atoms with Gasteiger partial charge in [-0.15, -0.1) is 0 Å². The van der Waals surface area contributed by atoms with Crippen LogP contribution in [0.25, 0.3) is 0 Å². The minimum atomic E-state index is -4.46. The number of hydrogen-bond acceptors (Lipinski definition) is 6. The number of phosphoric ester groups is 1. The fourth-order valence-corrected chi connectivity index (χ4v) is 9.13. The van der Waals surface area contributed by atoms with Gasteiger partial charge < -0.3 is 19.4 Å². The van der Waals surface area contributed by atoms with E-state index >= 15 is 0 Å². The molecule has 424 valence electrons.